The van der Waals surface area contributed by atoms with Crippen LogP contribution >= 0.6 is 11.3 Å². The van der Waals surface area contributed by atoms with E-state index in [1.807, 2.05) is 12.1 Å². The summed E-state index contributed by atoms with van der Waals surface area (Å²) in [6, 6.07) is 8.64. The molecule has 0 radical (unpaired) electrons. The third-order valence-electron chi connectivity index (χ3n) is 2.84. The summed E-state index contributed by atoms with van der Waals surface area (Å²) >= 11 is 1.70. The first kappa shape index (κ1) is 15.0. The normalized spacial score (nSPS) is 11.0. The molecule has 1 heterocycles. The maximum absolute atomic E-state index is 5.59. The Labute approximate surface area is 125 Å². The van der Waals surface area contributed by atoms with Crippen LogP contribution in [0.2, 0.25) is 0 Å². The second kappa shape index (κ2) is 7.41. The van der Waals surface area contributed by atoms with Crippen molar-refractivity contribution in [1.29, 1.82) is 0 Å². The third-order valence-corrected chi connectivity index (χ3v) is 3.69. The number of ether oxygens (including phenoxy) is 1. The molecule has 1 aromatic carbocycles. The monoisotopic (exact) mass is 290 g/mol. The molecular weight excluding hydrogens is 268 g/mol. The first-order valence-corrected chi connectivity index (χ1v) is 7.98. The first-order chi connectivity index (χ1) is 9.69. The van der Waals surface area contributed by atoms with Crippen molar-refractivity contribution in [2.45, 2.75) is 39.8 Å². The summed E-state index contributed by atoms with van der Waals surface area (Å²) in [5.41, 5.74) is 2.18. The van der Waals surface area contributed by atoms with E-state index in [0.717, 1.165) is 41.6 Å². The van der Waals surface area contributed by atoms with Crippen LogP contribution in [0.5, 0.6) is 5.75 Å². The summed E-state index contributed by atoms with van der Waals surface area (Å²) < 4.78 is 5.59. The zero-order valence-corrected chi connectivity index (χ0v) is 13.2. The molecule has 20 heavy (non-hydrogen) atoms. The van der Waals surface area contributed by atoms with Gasteiger partial charge in [-0.05, 0) is 30.7 Å². The van der Waals surface area contributed by atoms with Crippen molar-refractivity contribution >= 4 is 11.3 Å². The molecule has 0 saturated carbocycles. The lowest BCUT2D eigenvalue weighted by molar-refractivity contribution is 0.317. The van der Waals surface area contributed by atoms with Crippen LogP contribution in [0.1, 0.15) is 32.2 Å². The highest BCUT2D eigenvalue weighted by Crippen LogP contribution is 2.24. The fourth-order valence-corrected chi connectivity index (χ4v) is 2.51. The zero-order valence-electron chi connectivity index (χ0n) is 12.3. The molecule has 0 bridgehead atoms. The van der Waals surface area contributed by atoms with Crippen molar-refractivity contribution < 1.29 is 4.74 Å². The lowest BCUT2D eigenvalue weighted by Crippen LogP contribution is -2.21. The number of benzene rings is 1. The van der Waals surface area contributed by atoms with Crippen LogP contribution in [-0.4, -0.2) is 17.6 Å². The predicted molar refractivity (Wildman–Crippen MR) is 85.3 cm³/mol. The number of hydrogen-bond acceptors (Lipinski definition) is 4. The highest BCUT2D eigenvalue weighted by atomic mass is 32.1. The highest BCUT2D eigenvalue weighted by molar-refractivity contribution is 7.09. The van der Waals surface area contributed by atoms with E-state index >= 15 is 0 Å². The molecule has 1 aromatic heterocycles. The van der Waals surface area contributed by atoms with E-state index in [0.29, 0.717) is 6.04 Å². The number of aromatic nitrogens is 1. The summed E-state index contributed by atoms with van der Waals surface area (Å²) in [5, 5.41) is 6.62. The minimum Gasteiger partial charge on any atom is -0.494 e. The third kappa shape index (κ3) is 4.32. The van der Waals surface area contributed by atoms with Gasteiger partial charge >= 0.3 is 0 Å². The van der Waals surface area contributed by atoms with E-state index < -0.39 is 0 Å². The second-order valence-corrected chi connectivity index (χ2v) is 5.98. The maximum Gasteiger partial charge on any atom is 0.119 e. The van der Waals surface area contributed by atoms with E-state index in [1.165, 1.54) is 0 Å². The lowest BCUT2D eigenvalue weighted by atomic mass is 10.2. The molecule has 0 saturated heterocycles. The number of rotatable bonds is 7. The summed E-state index contributed by atoms with van der Waals surface area (Å²) in [7, 11) is 0. The van der Waals surface area contributed by atoms with Gasteiger partial charge in [0.2, 0.25) is 0 Å². The molecule has 0 amide bonds. The molecule has 0 spiro atoms. The molecule has 1 N–H and O–H groups in total. The Morgan fingerprint density at radius 1 is 1.25 bits per heavy atom. The molecule has 3 nitrogen and oxygen atoms in total. The van der Waals surface area contributed by atoms with E-state index in [2.05, 4.69) is 48.6 Å². The second-order valence-electron chi connectivity index (χ2n) is 5.03. The smallest absolute Gasteiger partial charge is 0.119 e. The summed E-state index contributed by atoms with van der Waals surface area (Å²) in [6.45, 7) is 7.99. The van der Waals surface area contributed by atoms with E-state index in [9.17, 15) is 0 Å². The van der Waals surface area contributed by atoms with E-state index in [-0.39, 0.29) is 0 Å². The molecule has 0 aliphatic carbocycles. The average molecular weight is 290 g/mol. The van der Waals surface area contributed by atoms with Crippen molar-refractivity contribution in [3.63, 3.8) is 0 Å². The Balaban J connectivity index is 2.00. The van der Waals surface area contributed by atoms with Gasteiger partial charge in [-0.3, -0.25) is 0 Å². The standard InChI is InChI=1S/C16H22N2OS/c1-4-9-19-14-7-5-13(6-8-14)15-11-20-16(18-15)10-17-12(2)3/h5-8,11-12,17H,4,9-10H2,1-3H3. The first-order valence-electron chi connectivity index (χ1n) is 7.10. The van der Waals surface area contributed by atoms with E-state index in [4.69, 9.17) is 4.74 Å². The van der Waals surface area contributed by atoms with Gasteiger partial charge in [0.25, 0.3) is 0 Å². The summed E-state index contributed by atoms with van der Waals surface area (Å²) in [4.78, 5) is 4.66. The SMILES string of the molecule is CCCOc1ccc(-c2csc(CNC(C)C)n2)cc1. The van der Waals surface area contributed by atoms with Crippen LogP contribution in [0.25, 0.3) is 11.3 Å². The summed E-state index contributed by atoms with van der Waals surface area (Å²) in [5.74, 6) is 0.924. The maximum atomic E-state index is 5.59. The van der Waals surface area contributed by atoms with Gasteiger partial charge in [0, 0.05) is 23.5 Å². The Morgan fingerprint density at radius 3 is 2.65 bits per heavy atom. The number of nitrogens with one attached hydrogen (secondary N) is 1. The highest BCUT2D eigenvalue weighted by Gasteiger charge is 2.05. The Bertz CT molecular complexity index is 520. The van der Waals surface area contributed by atoms with Gasteiger partial charge < -0.3 is 10.1 Å². The largest absolute Gasteiger partial charge is 0.494 e. The molecule has 0 atom stereocenters. The zero-order chi connectivity index (χ0) is 14.4. The van der Waals surface area contributed by atoms with Crippen molar-refractivity contribution in [2.75, 3.05) is 6.61 Å². The predicted octanol–water partition coefficient (Wildman–Crippen LogP) is 4.10. The van der Waals surface area contributed by atoms with Gasteiger partial charge in [-0.1, -0.05) is 20.8 Å². The summed E-state index contributed by atoms with van der Waals surface area (Å²) in [6.07, 6.45) is 1.03. The molecule has 0 aliphatic heterocycles. The molecule has 0 aliphatic rings. The van der Waals surface area contributed by atoms with Crippen molar-refractivity contribution in [1.82, 2.24) is 10.3 Å². The minimum absolute atomic E-state index is 0.484. The molecule has 2 rings (SSSR count). The fourth-order valence-electron chi connectivity index (χ4n) is 1.76. The van der Waals surface area contributed by atoms with E-state index in [1.54, 1.807) is 11.3 Å². The molecule has 108 valence electrons. The van der Waals surface area contributed by atoms with Gasteiger partial charge in [-0.15, -0.1) is 11.3 Å². The Kier molecular flexibility index (Phi) is 5.56. The van der Waals surface area contributed by atoms with Gasteiger partial charge in [-0.25, -0.2) is 4.98 Å². The van der Waals surface area contributed by atoms with Crippen LogP contribution in [0.15, 0.2) is 29.6 Å². The van der Waals surface area contributed by atoms with Gasteiger partial charge in [0.05, 0.1) is 12.3 Å². The number of thiazole rings is 1. The topological polar surface area (TPSA) is 34.1 Å². The van der Waals surface area contributed by atoms with Crippen LogP contribution in [-0.2, 0) is 6.54 Å². The molecule has 4 heteroatoms. The van der Waals surface area contributed by atoms with Gasteiger partial charge in [0.15, 0.2) is 0 Å². The van der Waals surface area contributed by atoms with Crippen LogP contribution in [0.3, 0.4) is 0 Å². The van der Waals surface area contributed by atoms with Crippen LogP contribution < -0.4 is 10.1 Å². The Morgan fingerprint density at radius 2 is 2.00 bits per heavy atom. The quantitative estimate of drug-likeness (QED) is 0.833. The average Bonchev–Trinajstić information content (AvgIpc) is 2.92. The van der Waals surface area contributed by atoms with Crippen molar-refractivity contribution in [3.05, 3.63) is 34.7 Å². The Hall–Kier alpha value is -1.39. The molecule has 0 unspecified atom stereocenters. The molecule has 2 aromatic rings. The molecule has 0 fully saturated rings. The lowest BCUT2D eigenvalue weighted by Gasteiger charge is -2.05. The van der Waals surface area contributed by atoms with Crippen molar-refractivity contribution in [3.8, 4) is 17.0 Å². The van der Waals surface area contributed by atoms with Crippen LogP contribution in [0.4, 0.5) is 0 Å². The van der Waals surface area contributed by atoms with Crippen LogP contribution in [0, 0.1) is 0 Å². The fraction of sp³-hybridized carbons (Fsp3) is 0.438. The van der Waals surface area contributed by atoms with Gasteiger partial charge in [-0.2, -0.15) is 0 Å². The number of nitrogens with zero attached hydrogens (tertiary/aromatic N) is 1. The molecular formula is C16H22N2OS. The van der Waals surface area contributed by atoms with Gasteiger partial charge in [0.1, 0.15) is 10.8 Å². The number of hydrogen-bond donors (Lipinski definition) is 1. The minimum atomic E-state index is 0.484. The van der Waals surface area contributed by atoms with Crippen molar-refractivity contribution in [2.24, 2.45) is 0 Å².